The molecule has 0 aromatic heterocycles. The summed E-state index contributed by atoms with van der Waals surface area (Å²) in [6.07, 6.45) is 5.08. The largest absolute Gasteiger partial charge is 0.481 e. The predicted molar refractivity (Wildman–Crippen MR) is 72.3 cm³/mol. The van der Waals surface area contributed by atoms with Gasteiger partial charge in [0.2, 0.25) is 10.0 Å². The van der Waals surface area contributed by atoms with Crippen LogP contribution in [0.3, 0.4) is 0 Å². The van der Waals surface area contributed by atoms with Crippen LogP contribution < -0.4 is 0 Å². The summed E-state index contributed by atoms with van der Waals surface area (Å²) < 4.78 is 26.6. The lowest BCUT2D eigenvalue weighted by molar-refractivity contribution is -0.143. The minimum atomic E-state index is -3.31. The third-order valence-electron chi connectivity index (χ3n) is 4.31. The highest BCUT2D eigenvalue weighted by atomic mass is 32.2. The van der Waals surface area contributed by atoms with E-state index in [2.05, 4.69) is 0 Å². The zero-order chi connectivity index (χ0) is 14.0. The number of carboxylic acids is 1. The van der Waals surface area contributed by atoms with E-state index >= 15 is 0 Å². The van der Waals surface area contributed by atoms with E-state index in [0.717, 1.165) is 32.1 Å². The molecule has 0 radical (unpaired) electrons. The first-order valence-corrected chi connectivity index (χ1v) is 8.63. The molecule has 0 spiro atoms. The normalized spacial score (nSPS) is 31.2. The maximum atomic E-state index is 12.6. The van der Waals surface area contributed by atoms with E-state index in [9.17, 15) is 13.2 Å². The van der Waals surface area contributed by atoms with E-state index in [-0.39, 0.29) is 17.7 Å². The zero-order valence-corrected chi connectivity index (χ0v) is 12.2. The molecular formula is C13H23NO4S. The van der Waals surface area contributed by atoms with Gasteiger partial charge in [-0.1, -0.05) is 26.2 Å². The Kier molecular flexibility index (Phi) is 4.50. The molecule has 6 heteroatoms. The van der Waals surface area contributed by atoms with Crippen molar-refractivity contribution in [2.75, 3.05) is 13.1 Å². The molecule has 1 N–H and O–H groups in total. The Bertz CT molecular complexity index is 428. The monoisotopic (exact) mass is 289 g/mol. The van der Waals surface area contributed by atoms with Crippen molar-refractivity contribution < 1.29 is 18.3 Å². The van der Waals surface area contributed by atoms with Crippen LogP contribution in [0.25, 0.3) is 0 Å². The summed E-state index contributed by atoms with van der Waals surface area (Å²) in [7, 11) is -3.31. The lowest BCUT2D eigenvalue weighted by atomic mass is 9.92. The quantitative estimate of drug-likeness (QED) is 0.858. The fourth-order valence-corrected chi connectivity index (χ4v) is 5.46. The minimum absolute atomic E-state index is 0.119. The fraction of sp³-hybridized carbons (Fsp3) is 0.923. The molecule has 2 rings (SSSR count). The molecule has 0 aromatic carbocycles. The van der Waals surface area contributed by atoms with Crippen LogP contribution in [0, 0.1) is 11.8 Å². The van der Waals surface area contributed by atoms with Gasteiger partial charge in [-0.15, -0.1) is 0 Å². The molecule has 110 valence electrons. The van der Waals surface area contributed by atoms with Gasteiger partial charge in [0.15, 0.2) is 0 Å². The molecular weight excluding hydrogens is 266 g/mol. The number of sulfonamides is 1. The third-order valence-corrected chi connectivity index (χ3v) is 6.64. The number of aliphatic carboxylic acids is 1. The summed E-state index contributed by atoms with van der Waals surface area (Å²) in [6, 6.07) is 0. The summed E-state index contributed by atoms with van der Waals surface area (Å²) in [4.78, 5) is 11.1. The molecule has 0 amide bonds. The van der Waals surface area contributed by atoms with Crippen molar-refractivity contribution in [2.45, 2.75) is 50.7 Å². The molecule has 2 atom stereocenters. The second-order valence-electron chi connectivity index (χ2n) is 6.00. The molecule has 1 aliphatic carbocycles. The van der Waals surface area contributed by atoms with Gasteiger partial charge in [0.25, 0.3) is 0 Å². The van der Waals surface area contributed by atoms with E-state index in [1.54, 1.807) is 0 Å². The average molecular weight is 289 g/mol. The number of carboxylic acid groups (broad SMARTS) is 1. The molecule has 1 heterocycles. The highest BCUT2D eigenvalue weighted by molar-refractivity contribution is 7.89. The average Bonchev–Trinajstić information content (AvgIpc) is 2.39. The van der Waals surface area contributed by atoms with E-state index in [1.165, 1.54) is 4.31 Å². The van der Waals surface area contributed by atoms with Crippen LogP contribution in [0.5, 0.6) is 0 Å². The highest BCUT2D eigenvalue weighted by Gasteiger charge is 2.39. The number of hydrogen-bond acceptors (Lipinski definition) is 3. The van der Waals surface area contributed by atoms with Crippen LogP contribution in [-0.2, 0) is 14.8 Å². The fourth-order valence-electron chi connectivity index (χ4n) is 3.26. The first-order valence-electron chi connectivity index (χ1n) is 7.13. The Labute approximate surface area is 115 Å². The second kappa shape index (κ2) is 5.79. The van der Waals surface area contributed by atoms with Gasteiger partial charge >= 0.3 is 5.97 Å². The SMILES string of the molecule is CC1CC(C(=O)O)CN(S(=O)(=O)C2CCCCC2)C1. The van der Waals surface area contributed by atoms with Gasteiger partial charge in [0.1, 0.15) is 0 Å². The standard InChI is InChI=1S/C13H23NO4S/c1-10-7-11(13(15)16)9-14(8-10)19(17,18)12-5-3-2-4-6-12/h10-12H,2-9H2,1H3,(H,15,16). The zero-order valence-electron chi connectivity index (χ0n) is 11.4. The molecule has 1 saturated carbocycles. The molecule has 19 heavy (non-hydrogen) atoms. The topological polar surface area (TPSA) is 74.7 Å². The smallest absolute Gasteiger partial charge is 0.307 e. The summed E-state index contributed by atoms with van der Waals surface area (Å²) in [5.41, 5.74) is 0. The lowest BCUT2D eigenvalue weighted by Gasteiger charge is -2.36. The van der Waals surface area contributed by atoms with Gasteiger partial charge in [-0.2, -0.15) is 0 Å². The second-order valence-corrected chi connectivity index (χ2v) is 8.21. The number of hydrogen-bond donors (Lipinski definition) is 1. The Morgan fingerprint density at radius 1 is 1.16 bits per heavy atom. The molecule has 1 aliphatic heterocycles. The number of carbonyl (C=O) groups is 1. The van der Waals surface area contributed by atoms with Crippen molar-refractivity contribution >= 4 is 16.0 Å². The van der Waals surface area contributed by atoms with Crippen LogP contribution in [0.1, 0.15) is 45.4 Å². The Balaban J connectivity index is 2.12. The van der Waals surface area contributed by atoms with Crippen LogP contribution in [0.2, 0.25) is 0 Å². The molecule has 0 bridgehead atoms. The Morgan fingerprint density at radius 2 is 1.79 bits per heavy atom. The molecule has 0 aromatic rings. The van der Waals surface area contributed by atoms with Crippen molar-refractivity contribution in [1.82, 2.24) is 4.31 Å². The van der Waals surface area contributed by atoms with Crippen molar-refractivity contribution in [3.05, 3.63) is 0 Å². The number of piperidine rings is 1. The van der Waals surface area contributed by atoms with Crippen molar-refractivity contribution in [1.29, 1.82) is 0 Å². The minimum Gasteiger partial charge on any atom is -0.481 e. The first-order chi connectivity index (χ1) is 8.91. The Morgan fingerprint density at radius 3 is 2.37 bits per heavy atom. The maximum absolute atomic E-state index is 12.6. The van der Waals surface area contributed by atoms with E-state index in [1.807, 2.05) is 6.92 Å². The summed E-state index contributed by atoms with van der Waals surface area (Å²) in [5, 5.41) is 8.84. The summed E-state index contributed by atoms with van der Waals surface area (Å²) in [6.45, 7) is 2.56. The van der Waals surface area contributed by atoms with Gasteiger partial charge in [-0.3, -0.25) is 4.79 Å². The van der Waals surface area contributed by atoms with Gasteiger partial charge < -0.3 is 5.11 Å². The van der Waals surface area contributed by atoms with Gasteiger partial charge in [-0.05, 0) is 25.2 Å². The molecule has 2 unspecified atom stereocenters. The van der Waals surface area contributed by atoms with Crippen LogP contribution in [0.4, 0.5) is 0 Å². The highest BCUT2D eigenvalue weighted by Crippen LogP contribution is 2.30. The van der Waals surface area contributed by atoms with Crippen LogP contribution >= 0.6 is 0 Å². The molecule has 2 fully saturated rings. The predicted octanol–water partition coefficient (Wildman–Crippen LogP) is 1.69. The molecule has 2 aliphatic rings. The Hall–Kier alpha value is -0.620. The lowest BCUT2D eigenvalue weighted by Crippen LogP contribution is -2.49. The van der Waals surface area contributed by atoms with E-state index in [4.69, 9.17) is 5.11 Å². The maximum Gasteiger partial charge on any atom is 0.307 e. The first kappa shape index (κ1) is 14.8. The van der Waals surface area contributed by atoms with Crippen molar-refractivity contribution in [3.63, 3.8) is 0 Å². The van der Waals surface area contributed by atoms with Crippen LogP contribution in [0.15, 0.2) is 0 Å². The summed E-state index contributed by atoms with van der Waals surface area (Å²) >= 11 is 0. The van der Waals surface area contributed by atoms with Crippen molar-refractivity contribution in [3.8, 4) is 0 Å². The number of nitrogens with zero attached hydrogens (tertiary/aromatic N) is 1. The molecule has 1 saturated heterocycles. The van der Waals surface area contributed by atoms with Gasteiger partial charge in [-0.25, -0.2) is 12.7 Å². The van der Waals surface area contributed by atoms with Crippen molar-refractivity contribution in [2.24, 2.45) is 11.8 Å². The van der Waals surface area contributed by atoms with Gasteiger partial charge in [0, 0.05) is 13.1 Å². The van der Waals surface area contributed by atoms with Gasteiger partial charge in [0.05, 0.1) is 11.2 Å². The van der Waals surface area contributed by atoms with E-state index in [0.29, 0.717) is 13.0 Å². The van der Waals surface area contributed by atoms with E-state index < -0.39 is 21.9 Å². The molecule has 5 nitrogen and oxygen atoms in total. The summed E-state index contributed by atoms with van der Waals surface area (Å²) in [5.74, 6) is -1.31. The number of rotatable bonds is 3. The third kappa shape index (κ3) is 3.28. The van der Waals surface area contributed by atoms with Crippen LogP contribution in [-0.4, -0.2) is 42.1 Å².